The molecule has 0 aromatic heterocycles. The van der Waals surface area contributed by atoms with Gasteiger partial charge in [-0.25, -0.2) is 4.79 Å². The molecule has 0 unspecified atom stereocenters. The molecule has 2 aliphatic rings. The maximum absolute atomic E-state index is 11.1. The highest BCUT2D eigenvalue weighted by atomic mass is 16.8. The van der Waals surface area contributed by atoms with Crippen molar-refractivity contribution in [3.63, 3.8) is 0 Å². The van der Waals surface area contributed by atoms with E-state index in [0.29, 0.717) is 6.61 Å². The molecule has 80 valence electrons. The number of esters is 1. The molecule has 2 rings (SSSR count). The van der Waals surface area contributed by atoms with Crippen LogP contribution in [-0.4, -0.2) is 43.8 Å². The van der Waals surface area contributed by atoms with E-state index in [4.69, 9.17) is 14.2 Å². The molecule has 5 nitrogen and oxygen atoms in total. The van der Waals surface area contributed by atoms with Crippen LogP contribution in [0.4, 0.5) is 0 Å². The number of methoxy groups -OCH3 is 1. The Balaban J connectivity index is 1.86. The molecule has 0 amide bonds. The molecule has 0 spiro atoms. The minimum Gasteiger partial charge on any atom is -0.467 e. The van der Waals surface area contributed by atoms with E-state index >= 15 is 0 Å². The first kappa shape index (κ1) is 9.89. The third-order valence-electron chi connectivity index (χ3n) is 2.36. The van der Waals surface area contributed by atoms with Crippen LogP contribution >= 0.6 is 0 Å². The van der Waals surface area contributed by atoms with E-state index in [2.05, 4.69) is 4.74 Å². The Bertz CT molecular complexity index is 250. The average Bonchev–Trinajstić information content (AvgIpc) is 2.84. The number of rotatable bonds is 2. The average molecular weight is 202 g/mol. The van der Waals surface area contributed by atoms with Crippen molar-refractivity contribution in [3.8, 4) is 0 Å². The first-order valence-corrected chi connectivity index (χ1v) is 4.58. The molecule has 0 saturated carbocycles. The summed E-state index contributed by atoms with van der Waals surface area (Å²) >= 11 is 0. The minimum atomic E-state index is -0.572. The Morgan fingerprint density at radius 2 is 2.21 bits per heavy atom. The van der Waals surface area contributed by atoms with Crippen LogP contribution in [0.1, 0.15) is 13.8 Å². The third-order valence-corrected chi connectivity index (χ3v) is 2.36. The number of epoxide rings is 1. The molecule has 3 atom stereocenters. The summed E-state index contributed by atoms with van der Waals surface area (Å²) in [5.74, 6) is -0.916. The summed E-state index contributed by atoms with van der Waals surface area (Å²) in [6, 6.07) is 0. The fourth-order valence-electron chi connectivity index (χ4n) is 1.59. The second kappa shape index (κ2) is 3.18. The Morgan fingerprint density at radius 3 is 2.71 bits per heavy atom. The van der Waals surface area contributed by atoms with Crippen LogP contribution in [0.5, 0.6) is 0 Å². The summed E-state index contributed by atoms with van der Waals surface area (Å²) in [4.78, 5) is 11.1. The van der Waals surface area contributed by atoms with Crippen molar-refractivity contribution < 1.29 is 23.7 Å². The van der Waals surface area contributed by atoms with Gasteiger partial charge < -0.3 is 18.9 Å². The zero-order valence-electron chi connectivity index (χ0n) is 8.48. The monoisotopic (exact) mass is 202 g/mol. The smallest absolute Gasteiger partial charge is 0.337 e. The fourth-order valence-corrected chi connectivity index (χ4v) is 1.59. The molecular formula is C9H14O5. The van der Waals surface area contributed by atoms with Gasteiger partial charge in [0.15, 0.2) is 11.9 Å². The van der Waals surface area contributed by atoms with Gasteiger partial charge >= 0.3 is 5.97 Å². The van der Waals surface area contributed by atoms with E-state index in [-0.39, 0.29) is 18.2 Å². The zero-order valence-corrected chi connectivity index (χ0v) is 8.48. The summed E-state index contributed by atoms with van der Waals surface area (Å²) in [6.45, 7) is 4.14. The molecule has 14 heavy (non-hydrogen) atoms. The number of carbonyl (C=O) groups is 1. The normalized spacial score (nSPS) is 39.5. The highest BCUT2D eigenvalue weighted by Crippen LogP contribution is 2.35. The number of hydrogen-bond donors (Lipinski definition) is 0. The van der Waals surface area contributed by atoms with Gasteiger partial charge in [0.05, 0.1) is 13.7 Å². The van der Waals surface area contributed by atoms with Gasteiger partial charge in [0.1, 0.15) is 12.2 Å². The standard InChI is InChI=1S/C9H14O5/c1-9(2)12-4-5(14-9)6-7(13-6)8(10)11-3/h5-7H,4H2,1-3H3/t5-,6-,7-/m1/s1. The van der Waals surface area contributed by atoms with Crippen LogP contribution in [0.25, 0.3) is 0 Å². The maximum atomic E-state index is 11.1. The predicted octanol–water partition coefficient (Wildman–Crippen LogP) is 0.0783. The predicted molar refractivity (Wildman–Crippen MR) is 45.6 cm³/mol. The third kappa shape index (κ3) is 1.75. The lowest BCUT2D eigenvalue weighted by atomic mass is 10.2. The van der Waals surface area contributed by atoms with Gasteiger partial charge in [0.2, 0.25) is 0 Å². The van der Waals surface area contributed by atoms with Gasteiger partial charge in [0.25, 0.3) is 0 Å². The van der Waals surface area contributed by atoms with E-state index in [1.54, 1.807) is 0 Å². The van der Waals surface area contributed by atoms with Crippen molar-refractivity contribution >= 4 is 5.97 Å². The number of ether oxygens (including phenoxy) is 4. The molecule has 2 aliphatic heterocycles. The first-order valence-electron chi connectivity index (χ1n) is 4.58. The minimum absolute atomic E-state index is 0.158. The van der Waals surface area contributed by atoms with E-state index in [1.807, 2.05) is 13.8 Å². The van der Waals surface area contributed by atoms with Gasteiger partial charge in [-0.15, -0.1) is 0 Å². The second-order valence-electron chi connectivity index (χ2n) is 3.91. The molecule has 5 heteroatoms. The molecule has 0 N–H and O–H groups in total. The van der Waals surface area contributed by atoms with Gasteiger partial charge in [-0.1, -0.05) is 0 Å². The molecule has 2 heterocycles. The largest absolute Gasteiger partial charge is 0.467 e. The molecule has 0 aromatic rings. The van der Waals surface area contributed by atoms with Gasteiger partial charge in [0, 0.05) is 0 Å². The lowest BCUT2D eigenvalue weighted by Gasteiger charge is -2.16. The maximum Gasteiger partial charge on any atom is 0.337 e. The van der Waals surface area contributed by atoms with Crippen LogP contribution < -0.4 is 0 Å². The van der Waals surface area contributed by atoms with Crippen LogP contribution in [0, 0.1) is 0 Å². The molecule has 2 saturated heterocycles. The van der Waals surface area contributed by atoms with Gasteiger partial charge in [-0.05, 0) is 13.8 Å². The molecule has 0 radical (unpaired) electrons. The topological polar surface area (TPSA) is 57.3 Å². The Kier molecular flexibility index (Phi) is 2.25. The van der Waals surface area contributed by atoms with Crippen molar-refractivity contribution in [3.05, 3.63) is 0 Å². The van der Waals surface area contributed by atoms with Crippen molar-refractivity contribution in [2.24, 2.45) is 0 Å². The van der Waals surface area contributed by atoms with Gasteiger partial charge in [-0.2, -0.15) is 0 Å². The molecule has 2 fully saturated rings. The summed E-state index contributed by atoms with van der Waals surface area (Å²) in [5, 5.41) is 0. The molecule has 0 aromatic carbocycles. The zero-order chi connectivity index (χ0) is 10.3. The summed E-state index contributed by atoms with van der Waals surface area (Å²) in [6.07, 6.45) is -0.833. The van der Waals surface area contributed by atoms with E-state index < -0.39 is 11.9 Å². The molecular weight excluding hydrogens is 188 g/mol. The Hall–Kier alpha value is -0.650. The highest BCUT2D eigenvalue weighted by Gasteiger charge is 2.55. The highest BCUT2D eigenvalue weighted by molar-refractivity contribution is 5.78. The van der Waals surface area contributed by atoms with Crippen LogP contribution in [0.3, 0.4) is 0 Å². The van der Waals surface area contributed by atoms with Crippen LogP contribution in [-0.2, 0) is 23.7 Å². The number of carbonyl (C=O) groups excluding carboxylic acids is 1. The van der Waals surface area contributed by atoms with E-state index in [9.17, 15) is 4.79 Å². The Morgan fingerprint density at radius 1 is 1.50 bits per heavy atom. The lowest BCUT2D eigenvalue weighted by Crippen LogP contribution is -2.26. The van der Waals surface area contributed by atoms with Crippen LogP contribution in [0.2, 0.25) is 0 Å². The van der Waals surface area contributed by atoms with Crippen molar-refractivity contribution in [1.29, 1.82) is 0 Å². The summed E-state index contributed by atoms with van der Waals surface area (Å²) < 4.78 is 20.6. The second-order valence-corrected chi connectivity index (χ2v) is 3.91. The van der Waals surface area contributed by atoms with Gasteiger partial charge in [-0.3, -0.25) is 0 Å². The van der Waals surface area contributed by atoms with E-state index in [1.165, 1.54) is 7.11 Å². The van der Waals surface area contributed by atoms with Crippen molar-refractivity contribution in [1.82, 2.24) is 0 Å². The quantitative estimate of drug-likeness (QED) is 0.468. The van der Waals surface area contributed by atoms with Crippen molar-refractivity contribution in [2.45, 2.75) is 37.9 Å². The van der Waals surface area contributed by atoms with Crippen LogP contribution in [0.15, 0.2) is 0 Å². The number of hydrogen-bond acceptors (Lipinski definition) is 5. The SMILES string of the molecule is COC(=O)[C@@H]1O[C@@H]1[C@H]1COC(C)(C)O1. The van der Waals surface area contributed by atoms with E-state index in [0.717, 1.165) is 0 Å². The molecule has 0 bridgehead atoms. The summed E-state index contributed by atoms with van der Waals surface area (Å²) in [5.41, 5.74) is 0. The fraction of sp³-hybridized carbons (Fsp3) is 0.889. The van der Waals surface area contributed by atoms with Crippen molar-refractivity contribution in [2.75, 3.05) is 13.7 Å². The summed E-state index contributed by atoms with van der Waals surface area (Å²) in [7, 11) is 1.34. The molecule has 0 aliphatic carbocycles. The first-order chi connectivity index (χ1) is 6.53. The lowest BCUT2D eigenvalue weighted by molar-refractivity contribution is -0.143. The Labute approximate surface area is 82.3 Å².